The zero-order chi connectivity index (χ0) is 16.4. The second-order valence-corrected chi connectivity index (χ2v) is 6.71. The number of urea groups is 1. The van der Waals surface area contributed by atoms with Gasteiger partial charge >= 0.3 is 6.03 Å². The van der Waals surface area contributed by atoms with Gasteiger partial charge in [0.15, 0.2) is 0 Å². The van der Waals surface area contributed by atoms with Crippen molar-refractivity contribution in [3.63, 3.8) is 0 Å². The molecular weight excluding hydrogens is 290 g/mol. The molecule has 1 unspecified atom stereocenters. The highest BCUT2D eigenvalue weighted by Crippen LogP contribution is 2.27. The number of fused-ring (bicyclic) bond motifs is 1. The Hall–Kier alpha value is -2.04. The zero-order valence-electron chi connectivity index (χ0n) is 13.9. The number of piperidine rings is 1. The van der Waals surface area contributed by atoms with Crippen molar-refractivity contribution in [2.24, 2.45) is 5.92 Å². The van der Waals surface area contributed by atoms with E-state index < -0.39 is 6.04 Å². The third-order valence-electron chi connectivity index (χ3n) is 4.93. The molecular formula is C18H25N3O2. The predicted molar refractivity (Wildman–Crippen MR) is 90.5 cm³/mol. The van der Waals surface area contributed by atoms with E-state index in [1.807, 2.05) is 23.1 Å². The van der Waals surface area contributed by atoms with Gasteiger partial charge < -0.3 is 15.1 Å². The maximum Gasteiger partial charge on any atom is 0.318 e. The molecule has 1 N–H and O–H groups in total. The molecule has 2 aliphatic heterocycles. The summed E-state index contributed by atoms with van der Waals surface area (Å²) in [5.74, 6) is 0.646. The molecule has 1 aromatic carbocycles. The number of carbonyl (C=O) groups is 2. The Labute approximate surface area is 137 Å². The van der Waals surface area contributed by atoms with Crippen molar-refractivity contribution in [2.75, 3.05) is 24.5 Å². The topological polar surface area (TPSA) is 52.7 Å². The molecule has 2 heterocycles. The van der Waals surface area contributed by atoms with Crippen LogP contribution in [-0.4, -0.2) is 42.5 Å². The molecule has 1 saturated heterocycles. The minimum Gasteiger partial charge on any atom is -0.326 e. The van der Waals surface area contributed by atoms with Gasteiger partial charge in [0.2, 0.25) is 5.91 Å². The first-order valence-corrected chi connectivity index (χ1v) is 8.51. The van der Waals surface area contributed by atoms with Crippen LogP contribution in [0.1, 0.15) is 32.3 Å². The van der Waals surface area contributed by atoms with Gasteiger partial charge in [-0.1, -0.05) is 25.1 Å². The SMILES string of the molecule is CC1CCN(C(=O)NC(C)C(=O)N2CCc3ccccc32)CC1. The largest absolute Gasteiger partial charge is 0.326 e. The van der Waals surface area contributed by atoms with Crippen LogP contribution in [0.3, 0.4) is 0 Å². The lowest BCUT2D eigenvalue weighted by Crippen LogP contribution is -2.52. The van der Waals surface area contributed by atoms with Crippen LogP contribution in [0.2, 0.25) is 0 Å². The molecule has 2 aliphatic rings. The average Bonchev–Trinajstić information content (AvgIpc) is 2.98. The number of nitrogens with one attached hydrogen (secondary N) is 1. The molecule has 0 spiro atoms. The van der Waals surface area contributed by atoms with Crippen LogP contribution >= 0.6 is 0 Å². The number of hydrogen-bond acceptors (Lipinski definition) is 2. The van der Waals surface area contributed by atoms with Gasteiger partial charge in [0.1, 0.15) is 6.04 Å². The van der Waals surface area contributed by atoms with Crippen molar-refractivity contribution in [2.45, 2.75) is 39.2 Å². The van der Waals surface area contributed by atoms with E-state index in [1.54, 1.807) is 11.8 Å². The third kappa shape index (κ3) is 3.33. The fraction of sp³-hybridized carbons (Fsp3) is 0.556. The van der Waals surface area contributed by atoms with Crippen molar-refractivity contribution in [1.82, 2.24) is 10.2 Å². The van der Waals surface area contributed by atoms with Crippen LogP contribution in [0.25, 0.3) is 0 Å². The molecule has 0 saturated carbocycles. The average molecular weight is 315 g/mol. The summed E-state index contributed by atoms with van der Waals surface area (Å²) in [7, 11) is 0. The molecule has 23 heavy (non-hydrogen) atoms. The first-order valence-electron chi connectivity index (χ1n) is 8.51. The Bertz CT molecular complexity index is 594. The third-order valence-corrected chi connectivity index (χ3v) is 4.93. The number of nitrogens with zero attached hydrogens (tertiary/aromatic N) is 2. The number of benzene rings is 1. The van der Waals surface area contributed by atoms with Gasteiger partial charge in [-0.2, -0.15) is 0 Å². The lowest BCUT2D eigenvalue weighted by Gasteiger charge is -2.31. The van der Waals surface area contributed by atoms with E-state index in [0.717, 1.165) is 38.0 Å². The van der Waals surface area contributed by atoms with E-state index in [1.165, 1.54) is 5.56 Å². The summed E-state index contributed by atoms with van der Waals surface area (Å²) in [6.45, 7) is 6.24. The molecule has 1 fully saturated rings. The molecule has 5 nitrogen and oxygen atoms in total. The minimum atomic E-state index is -0.506. The van der Waals surface area contributed by atoms with Gasteiger partial charge in [-0.3, -0.25) is 4.79 Å². The molecule has 0 radical (unpaired) electrons. The Morgan fingerprint density at radius 2 is 1.87 bits per heavy atom. The summed E-state index contributed by atoms with van der Waals surface area (Å²) in [5, 5.41) is 2.87. The highest BCUT2D eigenvalue weighted by Gasteiger charge is 2.30. The Balaban J connectivity index is 1.59. The summed E-state index contributed by atoms with van der Waals surface area (Å²) in [5.41, 5.74) is 2.18. The normalized spacial score (nSPS) is 19.4. The van der Waals surface area contributed by atoms with Crippen molar-refractivity contribution < 1.29 is 9.59 Å². The van der Waals surface area contributed by atoms with Crippen LogP contribution in [0.4, 0.5) is 10.5 Å². The highest BCUT2D eigenvalue weighted by molar-refractivity contribution is 6.00. The Kier molecular flexibility index (Phi) is 4.55. The van der Waals surface area contributed by atoms with Crippen molar-refractivity contribution in [3.8, 4) is 0 Å². The van der Waals surface area contributed by atoms with E-state index in [9.17, 15) is 9.59 Å². The number of anilines is 1. The number of carbonyl (C=O) groups excluding carboxylic acids is 2. The maximum absolute atomic E-state index is 12.7. The van der Waals surface area contributed by atoms with Gasteiger partial charge in [-0.15, -0.1) is 0 Å². The summed E-state index contributed by atoms with van der Waals surface area (Å²) in [6.07, 6.45) is 2.96. The van der Waals surface area contributed by atoms with Gasteiger partial charge in [-0.25, -0.2) is 4.79 Å². The highest BCUT2D eigenvalue weighted by atomic mass is 16.2. The number of rotatable bonds is 2. The van der Waals surface area contributed by atoms with Crippen LogP contribution in [0, 0.1) is 5.92 Å². The lowest BCUT2D eigenvalue weighted by atomic mass is 10.00. The summed E-state index contributed by atoms with van der Waals surface area (Å²) in [6, 6.07) is 7.35. The lowest BCUT2D eigenvalue weighted by molar-refractivity contribution is -0.120. The van der Waals surface area contributed by atoms with E-state index >= 15 is 0 Å². The van der Waals surface area contributed by atoms with E-state index in [0.29, 0.717) is 12.5 Å². The van der Waals surface area contributed by atoms with Gasteiger partial charge in [0.05, 0.1) is 0 Å². The molecule has 1 aromatic rings. The van der Waals surface area contributed by atoms with Crippen LogP contribution < -0.4 is 10.2 Å². The smallest absolute Gasteiger partial charge is 0.318 e. The van der Waals surface area contributed by atoms with Crippen LogP contribution in [-0.2, 0) is 11.2 Å². The molecule has 1 atom stereocenters. The van der Waals surface area contributed by atoms with Crippen molar-refractivity contribution in [3.05, 3.63) is 29.8 Å². The standard InChI is InChI=1S/C18H25N3O2/c1-13-7-10-20(11-8-13)18(23)19-14(2)17(22)21-12-9-15-5-3-4-6-16(15)21/h3-6,13-14H,7-12H2,1-2H3,(H,19,23). The fourth-order valence-corrected chi connectivity index (χ4v) is 3.35. The zero-order valence-corrected chi connectivity index (χ0v) is 13.9. The molecule has 5 heteroatoms. The number of amides is 3. The van der Waals surface area contributed by atoms with Crippen LogP contribution in [0.5, 0.6) is 0 Å². The Morgan fingerprint density at radius 1 is 1.17 bits per heavy atom. The van der Waals surface area contributed by atoms with Gasteiger partial charge in [0, 0.05) is 25.3 Å². The number of para-hydroxylation sites is 1. The van der Waals surface area contributed by atoms with E-state index in [-0.39, 0.29) is 11.9 Å². The van der Waals surface area contributed by atoms with Crippen LogP contribution in [0.15, 0.2) is 24.3 Å². The first-order chi connectivity index (χ1) is 11.1. The molecule has 0 aliphatic carbocycles. The second-order valence-electron chi connectivity index (χ2n) is 6.71. The van der Waals surface area contributed by atoms with E-state index in [2.05, 4.69) is 18.3 Å². The van der Waals surface area contributed by atoms with Gasteiger partial charge in [-0.05, 0) is 43.7 Å². The molecule has 3 rings (SSSR count). The molecule has 0 aromatic heterocycles. The van der Waals surface area contributed by atoms with Crippen molar-refractivity contribution in [1.29, 1.82) is 0 Å². The molecule has 124 valence electrons. The fourth-order valence-electron chi connectivity index (χ4n) is 3.35. The second kappa shape index (κ2) is 6.60. The van der Waals surface area contributed by atoms with Gasteiger partial charge in [0.25, 0.3) is 0 Å². The summed E-state index contributed by atoms with van der Waals surface area (Å²) < 4.78 is 0. The molecule has 3 amide bonds. The Morgan fingerprint density at radius 3 is 2.61 bits per heavy atom. The summed E-state index contributed by atoms with van der Waals surface area (Å²) >= 11 is 0. The first kappa shape index (κ1) is 15.8. The van der Waals surface area contributed by atoms with E-state index in [4.69, 9.17) is 0 Å². The number of hydrogen-bond donors (Lipinski definition) is 1. The summed E-state index contributed by atoms with van der Waals surface area (Å²) in [4.78, 5) is 28.6. The monoisotopic (exact) mass is 315 g/mol. The quantitative estimate of drug-likeness (QED) is 0.911. The predicted octanol–water partition coefficient (Wildman–Crippen LogP) is 2.41. The molecule has 0 bridgehead atoms. The minimum absolute atomic E-state index is 0.0336. The maximum atomic E-state index is 12.7. The number of likely N-dealkylation sites (tertiary alicyclic amines) is 1. The van der Waals surface area contributed by atoms with Crippen molar-refractivity contribution >= 4 is 17.6 Å².